The molecule has 26 heavy (non-hydrogen) atoms. The van der Waals surface area contributed by atoms with E-state index in [1.807, 2.05) is 44.2 Å². The summed E-state index contributed by atoms with van der Waals surface area (Å²) >= 11 is 0. The summed E-state index contributed by atoms with van der Waals surface area (Å²) in [7, 11) is 1.63. The molecule has 138 valence electrons. The van der Waals surface area contributed by atoms with Gasteiger partial charge in [0.05, 0.1) is 7.11 Å². The Labute approximate surface area is 154 Å². The molecule has 0 spiro atoms. The highest BCUT2D eigenvalue weighted by molar-refractivity contribution is 5.97. The first-order chi connectivity index (χ1) is 12.5. The van der Waals surface area contributed by atoms with Crippen molar-refractivity contribution in [3.8, 4) is 5.75 Å². The Morgan fingerprint density at radius 3 is 2.31 bits per heavy atom. The van der Waals surface area contributed by atoms with Gasteiger partial charge in [-0.2, -0.15) is 0 Å². The largest absolute Gasteiger partial charge is 0.496 e. The van der Waals surface area contributed by atoms with Gasteiger partial charge in [-0.3, -0.25) is 9.59 Å². The number of hydrogen-bond donors (Lipinski definition) is 2. The number of amides is 2. The van der Waals surface area contributed by atoms with E-state index in [1.165, 1.54) is 0 Å². The standard InChI is InChI=1S/C21H26N2O3/c1-15(2)19(23-20(24)17-10-5-4-6-11-17)21(25)22-14-13-16-9-7-8-12-18(16)26-3/h4-12,15,19H,13-14H2,1-3H3,(H,22,25)(H,23,24)/t19-/m0/s1. The van der Waals surface area contributed by atoms with Gasteiger partial charge in [0.15, 0.2) is 0 Å². The van der Waals surface area contributed by atoms with E-state index >= 15 is 0 Å². The fraction of sp³-hybridized carbons (Fsp3) is 0.333. The number of rotatable bonds is 8. The van der Waals surface area contributed by atoms with Crippen LogP contribution in [0.25, 0.3) is 0 Å². The van der Waals surface area contributed by atoms with E-state index in [-0.39, 0.29) is 17.7 Å². The maximum atomic E-state index is 12.5. The van der Waals surface area contributed by atoms with Gasteiger partial charge >= 0.3 is 0 Å². The average molecular weight is 354 g/mol. The van der Waals surface area contributed by atoms with Gasteiger partial charge in [-0.05, 0) is 36.1 Å². The zero-order valence-electron chi connectivity index (χ0n) is 15.5. The van der Waals surface area contributed by atoms with Crippen LogP contribution in [0.5, 0.6) is 5.75 Å². The van der Waals surface area contributed by atoms with Crippen LogP contribution >= 0.6 is 0 Å². The van der Waals surface area contributed by atoms with Crippen molar-refractivity contribution in [1.29, 1.82) is 0 Å². The quantitative estimate of drug-likeness (QED) is 0.766. The summed E-state index contributed by atoms with van der Waals surface area (Å²) in [6, 6.07) is 16.0. The number of ether oxygens (including phenoxy) is 1. The third-order valence-electron chi connectivity index (χ3n) is 4.16. The summed E-state index contributed by atoms with van der Waals surface area (Å²) in [6.07, 6.45) is 0.660. The van der Waals surface area contributed by atoms with Crippen LogP contribution in [-0.4, -0.2) is 31.5 Å². The zero-order valence-corrected chi connectivity index (χ0v) is 15.5. The minimum atomic E-state index is -0.583. The summed E-state index contributed by atoms with van der Waals surface area (Å²) < 4.78 is 5.32. The van der Waals surface area contributed by atoms with Crippen LogP contribution in [0.2, 0.25) is 0 Å². The molecule has 5 heteroatoms. The van der Waals surface area contributed by atoms with Crippen molar-refractivity contribution in [2.45, 2.75) is 26.3 Å². The molecule has 0 saturated carbocycles. The molecule has 1 atom stereocenters. The Hall–Kier alpha value is -2.82. The summed E-state index contributed by atoms with van der Waals surface area (Å²) in [4.78, 5) is 24.9. The third-order valence-corrected chi connectivity index (χ3v) is 4.16. The van der Waals surface area contributed by atoms with E-state index in [0.717, 1.165) is 11.3 Å². The number of carbonyl (C=O) groups is 2. The number of hydrogen-bond acceptors (Lipinski definition) is 3. The summed E-state index contributed by atoms with van der Waals surface area (Å²) in [5.41, 5.74) is 1.57. The van der Waals surface area contributed by atoms with E-state index in [0.29, 0.717) is 18.5 Å². The third kappa shape index (κ3) is 5.34. The second-order valence-corrected chi connectivity index (χ2v) is 6.41. The molecule has 2 aromatic carbocycles. The molecule has 0 unspecified atom stereocenters. The number of carbonyl (C=O) groups excluding carboxylic acids is 2. The summed E-state index contributed by atoms with van der Waals surface area (Å²) in [5, 5.41) is 5.74. The van der Waals surface area contributed by atoms with Crippen molar-refractivity contribution in [1.82, 2.24) is 10.6 Å². The maximum Gasteiger partial charge on any atom is 0.251 e. The first kappa shape index (κ1) is 19.5. The van der Waals surface area contributed by atoms with Crippen molar-refractivity contribution in [2.24, 2.45) is 5.92 Å². The zero-order chi connectivity index (χ0) is 18.9. The highest BCUT2D eigenvalue weighted by Gasteiger charge is 2.24. The molecule has 0 saturated heterocycles. The minimum Gasteiger partial charge on any atom is -0.496 e. The average Bonchev–Trinajstić information content (AvgIpc) is 2.66. The van der Waals surface area contributed by atoms with Gasteiger partial charge in [-0.1, -0.05) is 50.2 Å². The molecule has 0 aliphatic rings. The van der Waals surface area contributed by atoms with Crippen molar-refractivity contribution >= 4 is 11.8 Å². The Balaban J connectivity index is 1.93. The Morgan fingerprint density at radius 1 is 1.00 bits per heavy atom. The van der Waals surface area contributed by atoms with E-state index in [9.17, 15) is 9.59 Å². The molecule has 2 amide bonds. The number of nitrogens with one attached hydrogen (secondary N) is 2. The molecule has 5 nitrogen and oxygen atoms in total. The van der Waals surface area contributed by atoms with Crippen LogP contribution in [0.1, 0.15) is 29.8 Å². The molecule has 2 rings (SSSR count). The molecule has 0 radical (unpaired) electrons. The van der Waals surface area contributed by atoms with Crippen molar-refractivity contribution in [3.05, 3.63) is 65.7 Å². The van der Waals surface area contributed by atoms with Crippen LogP contribution in [-0.2, 0) is 11.2 Å². The van der Waals surface area contributed by atoms with Crippen LogP contribution < -0.4 is 15.4 Å². The maximum absolute atomic E-state index is 12.5. The lowest BCUT2D eigenvalue weighted by Gasteiger charge is -2.22. The normalized spacial score (nSPS) is 11.7. The van der Waals surface area contributed by atoms with Gasteiger partial charge in [0.1, 0.15) is 11.8 Å². The number of methoxy groups -OCH3 is 1. The summed E-state index contributed by atoms with van der Waals surface area (Å²) in [5.74, 6) is 0.358. The Morgan fingerprint density at radius 2 is 1.65 bits per heavy atom. The molecule has 0 aliphatic heterocycles. The Kier molecular flexibility index (Phi) is 7.21. The SMILES string of the molecule is COc1ccccc1CCNC(=O)[C@@H](NC(=O)c1ccccc1)C(C)C. The predicted octanol–water partition coefficient (Wildman–Crippen LogP) is 2.81. The van der Waals surface area contributed by atoms with Crippen LogP contribution in [0.3, 0.4) is 0 Å². The van der Waals surface area contributed by atoms with E-state index < -0.39 is 6.04 Å². The molecule has 2 N–H and O–H groups in total. The number of benzene rings is 2. The van der Waals surface area contributed by atoms with E-state index in [4.69, 9.17) is 4.74 Å². The van der Waals surface area contributed by atoms with Crippen LogP contribution in [0, 0.1) is 5.92 Å². The minimum absolute atomic E-state index is 0.0195. The first-order valence-electron chi connectivity index (χ1n) is 8.78. The monoisotopic (exact) mass is 354 g/mol. The molecule has 0 bridgehead atoms. The number of para-hydroxylation sites is 1. The van der Waals surface area contributed by atoms with Gasteiger partial charge < -0.3 is 15.4 Å². The molecule has 2 aromatic rings. The van der Waals surface area contributed by atoms with E-state index in [1.54, 1.807) is 31.4 Å². The van der Waals surface area contributed by atoms with Crippen LogP contribution in [0.15, 0.2) is 54.6 Å². The van der Waals surface area contributed by atoms with Gasteiger partial charge in [0.25, 0.3) is 5.91 Å². The smallest absolute Gasteiger partial charge is 0.251 e. The predicted molar refractivity (Wildman–Crippen MR) is 102 cm³/mol. The highest BCUT2D eigenvalue weighted by atomic mass is 16.5. The van der Waals surface area contributed by atoms with Gasteiger partial charge in [0.2, 0.25) is 5.91 Å². The summed E-state index contributed by atoms with van der Waals surface area (Å²) in [6.45, 7) is 4.30. The highest BCUT2D eigenvalue weighted by Crippen LogP contribution is 2.17. The molecular weight excluding hydrogens is 328 g/mol. The van der Waals surface area contributed by atoms with Crippen molar-refractivity contribution in [2.75, 3.05) is 13.7 Å². The molecule has 0 fully saturated rings. The van der Waals surface area contributed by atoms with Gasteiger partial charge in [0, 0.05) is 12.1 Å². The second kappa shape index (κ2) is 9.61. The van der Waals surface area contributed by atoms with Gasteiger partial charge in [-0.15, -0.1) is 0 Å². The lowest BCUT2D eigenvalue weighted by Crippen LogP contribution is -2.50. The molecule has 0 aliphatic carbocycles. The molecule has 0 aromatic heterocycles. The molecule has 0 heterocycles. The van der Waals surface area contributed by atoms with E-state index in [2.05, 4.69) is 10.6 Å². The van der Waals surface area contributed by atoms with Crippen molar-refractivity contribution in [3.63, 3.8) is 0 Å². The lowest BCUT2D eigenvalue weighted by atomic mass is 10.0. The lowest BCUT2D eigenvalue weighted by molar-refractivity contribution is -0.123. The second-order valence-electron chi connectivity index (χ2n) is 6.41. The first-order valence-corrected chi connectivity index (χ1v) is 8.78. The fourth-order valence-electron chi connectivity index (χ4n) is 2.69. The topological polar surface area (TPSA) is 67.4 Å². The van der Waals surface area contributed by atoms with Crippen molar-refractivity contribution < 1.29 is 14.3 Å². The van der Waals surface area contributed by atoms with Crippen LogP contribution in [0.4, 0.5) is 0 Å². The Bertz CT molecular complexity index is 729. The fourth-order valence-corrected chi connectivity index (χ4v) is 2.69. The van der Waals surface area contributed by atoms with Gasteiger partial charge in [-0.25, -0.2) is 0 Å². The molecular formula is C21H26N2O3.